The molecule has 1 aliphatic rings. The van der Waals surface area contributed by atoms with Crippen molar-refractivity contribution in [2.45, 2.75) is 16.3 Å². The minimum absolute atomic E-state index is 0.0295. The van der Waals surface area contributed by atoms with Crippen LogP contribution in [0, 0.1) is 5.41 Å². The number of aromatic nitrogens is 3. The van der Waals surface area contributed by atoms with Gasteiger partial charge in [0.15, 0.2) is 0 Å². The number of nitrogens with one attached hydrogen (secondary N) is 2. The van der Waals surface area contributed by atoms with Gasteiger partial charge in [-0.3, -0.25) is 9.78 Å². The fourth-order valence-corrected chi connectivity index (χ4v) is 4.48. The van der Waals surface area contributed by atoms with Gasteiger partial charge in [-0.2, -0.15) is 0 Å². The number of morpholine rings is 1. The van der Waals surface area contributed by atoms with Crippen LogP contribution in [0.3, 0.4) is 0 Å². The van der Waals surface area contributed by atoms with Crippen LogP contribution in [0.1, 0.15) is 21.6 Å². The molecule has 4 rings (SSSR count). The highest BCUT2D eigenvalue weighted by Crippen LogP contribution is 2.22. The van der Waals surface area contributed by atoms with E-state index in [4.69, 9.17) is 15.9 Å². The molecule has 0 radical (unpaired) electrons. The molecular formula is C22H23N7O4S. The van der Waals surface area contributed by atoms with Gasteiger partial charge in [-0.05, 0) is 30.3 Å². The van der Waals surface area contributed by atoms with E-state index in [2.05, 4.69) is 20.3 Å². The van der Waals surface area contributed by atoms with Gasteiger partial charge in [0.25, 0.3) is 5.91 Å². The highest BCUT2D eigenvalue weighted by atomic mass is 32.2. The summed E-state index contributed by atoms with van der Waals surface area (Å²) in [5.74, 6) is 0.451. The van der Waals surface area contributed by atoms with Crippen LogP contribution in [0.25, 0.3) is 0 Å². The summed E-state index contributed by atoms with van der Waals surface area (Å²) >= 11 is 0. The molecule has 4 heterocycles. The average molecular weight is 482 g/mol. The molecule has 4 N–H and O–H groups in total. The molecule has 0 saturated carbocycles. The van der Waals surface area contributed by atoms with Crippen LogP contribution < -0.4 is 16.0 Å². The fraction of sp³-hybridized carbons (Fsp3) is 0.227. The third-order valence-electron chi connectivity index (χ3n) is 5.27. The molecule has 3 aromatic heterocycles. The number of pyridine rings is 3. The van der Waals surface area contributed by atoms with Gasteiger partial charge < -0.3 is 26.1 Å². The molecular weight excluding hydrogens is 458 g/mol. The van der Waals surface area contributed by atoms with Crippen molar-refractivity contribution in [3.05, 3.63) is 65.7 Å². The van der Waals surface area contributed by atoms with E-state index in [-0.39, 0.29) is 27.7 Å². The molecule has 0 bridgehead atoms. The molecule has 0 aliphatic carbocycles. The number of carbonyl (C=O) groups is 1. The van der Waals surface area contributed by atoms with Gasteiger partial charge in [-0.1, -0.05) is 0 Å². The lowest BCUT2D eigenvalue weighted by molar-refractivity contribution is 0.0950. The van der Waals surface area contributed by atoms with E-state index < -0.39 is 15.7 Å². The number of carbonyl (C=O) groups excluding carboxylic acids is 1. The normalized spacial score (nSPS) is 13.9. The number of anilines is 2. The van der Waals surface area contributed by atoms with Gasteiger partial charge >= 0.3 is 0 Å². The maximum atomic E-state index is 13.0. The summed E-state index contributed by atoms with van der Waals surface area (Å²) in [6.45, 7) is 2.72. The van der Waals surface area contributed by atoms with Gasteiger partial charge in [0.2, 0.25) is 9.84 Å². The fourth-order valence-electron chi connectivity index (χ4n) is 3.33. The van der Waals surface area contributed by atoms with Crippen molar-refractivity contribution in [1.82, 2.24) is 20.3 Å². The first kappa shape index (κ1) is 23.3. The maximum absolute atomic E-state index is 13.0. The van der Waals surface area contributed by atoms with Crippen LogP contribution in [0.4, 0.5) is 11.6 Å². The Morgan fingerprint density at radius 1 is 1.09 bits per heavy atom. The van der Waals surface area contributed by atoms with Crippen LogP contribution in [0.2, 0.25) is 0 Å². The molecule has 11 nitrogen and oxygen atoms in total. The predicted octanol–water partition coefficient (Wildman–Crippen LogP) is 1.05. The van der Waals surface area contributed by atoms with E-state index in [0.29, 0.717) is 43.4 Å². The van der Waals surface area contributed by atoms with Gasteiger partial charge in [0, 0.05) is 43.5 Å². The summed E-state index contributed by atoms with van der Waals surface area (Å²) in [5.41, 5.74) is 6.70. The Labute approximate surface area is 196 Å². The Morgan fingerprint density at radius 3 is 2.41 bits per heavy atom. The topological polar surface area (TPSA) is 164 Å². The number of rotatable bonds is 7. The molecule has 176 valence electrons. The Kier molecular flexibility index (Phi) is 6.80. The molecule has 3 aromatic rings. The Hall–Kier alpha value is -3.90. The Balaban J connectivity index is 1.41. The minimum atomic E-state index is -3.79. The largest absolute Gasteiger partial charge is 0.383 e. The van der Waals surface area contributed by atoms with Crippen molar-refractivity contribution in [2.75, 3.05) is 36.9 Å². The van der Waals surface area contributed by atoms with E-state index in [0.717, 1.165) is 6.21 Å². The molecule has 0 atom stereocenters. The first-order valence-corrected chi connectivity index (χ1v) is 11.9. The Bertz CT molecular complexity index is 1290. The summed E-state index contributed by atoms with van der Waals surface area (Å²) in [4.78, 5) is 26.9. The predicted molar refractivity (Wildman–Crippen MR) is 125 cm³/mol. The first-order valence-electron chi connectivity index (χ1n) is 10.4. The SMILES string of the molecule is N=Cc1cc(C(=O)NCc2ccc(S(=O)(=O)c3ccc(N4CCOCC4)nc3)cn2)cnc1N. The van der Waals surface area contributed by atoms with Crippen LogP contribution in [-0.2, 0) is 21.1 Å². The lowest BCUT2D eigenvalue weighted by Gasteiger charge is -2.27. The molecule has 34 heavy (non-hydrogen) atoms. The second-order valence-electron chi connectivity index (χ2n) is 7.47. The van der Waals surface area contributed by atoms with E-state index in [1.165, 1.54) is 42.9 Å². The quantitative estimate of drug-likeness (QED) is 0.418. The molecule has 1 amide bonds. The number of nitrogen functional groups attached to an aromatic ring is 1. The lowest BCUT2D eigenvalue weighted by Crippen LogP contribution is -2.36. The summed E-state index contributed by atoms with van der Waals surface area (Å²) in [5, 5.41) is 9.99. The molecule has 1 fully saturated rings. The maximum Gasteiger partial charge on any atom is 0.253 e. The zero-order chi connectivity index (χ0) is 24.1. The summed E-state index contributed by atoms with van der Waals surface area (Å²) < 4.78 is 31.2. The number of nitrogens with two attached hydrogens (primary N) is 1. The second-order valence-corrected chi connectivity index (χ2v) is 9.42. The number of sulfone groups is 1. The second kappa shape index (κ2) is 9.93. The highest BCUT2D eigenvalue weighted by molar-refractivity contribution is 7.91. The number of nitrogens with zero attached hydrogens (tertiary/aromatic N) is 4. The van der Waals surface area contributed by atoms with E-state index >= 15 is 0 Å². The third-order valence-corrected chi connectivity index (χ3v) is 7.00. The van der Waals surface area contributed by atoms with Gasteiger partial charge in [0.05, 0.1) is 40.8 Å². The number of ether oxygens (including phenoxy) is 1. The van der Waals surface area contributed by atoms with Crippen LogP contribution in [-0.4, -0.2) is 61.8 Å². The minimum Gasteiger partial charge on any atom is -0.383 e. The van der Waals surface area contributed by atoms with E-state index in [1.807, 2.05) is 4.90 Å². The monoisotopic (exact) mass is 481 g/mol. The van der Waals surface area contributed by atoms with Crippen LogP contribution in [0.5, 0.6) is 0 Å². The summed E-state index contributed by atoms with van der Waals surface area (Å²) in [7, 11) is -3.79. The highest BCUT2D eigenvalue weighted by Gasteiger charge is 2.20. The Morgan fingerprint density at radius 2 is 1.79 bits per heavy atom. The lowest BCUT2D eigenvalue weighted by atomic mass is 10.2. The third kappa shape index (κ3) is 5.02. The molecule has 0 unspecified atom stereocenters. The van der Waals surface area contributed by atoms with E-state index in [9.17, 15) is 13.2 Å². The van der Waals surface area contributed by atoms with Crippen molar-refractivity contribution in [2.24, 2.45) is 0 Å². The summed E-state index contributed by atoms with van der Waals surface area (Å²) in [6.07, 6.45) is 4.94. The van der Waals surface area contributed by atoms with Crippen LogP contribution >= 0.6 is 0 Å². The van der Waals surface area contributed by atoms with Gasteiger partial charge in [-0.25, -0.2) is 18.4 Å². The molecule has 0 spiro atoms. The van der Waals surface area contributed by atoms with Crippen molar-refractivity contribution in [3.8, 4) is 0 Å². The van der Waals surface area contributed by atoms with Crippen molar-refractivity contribution < 1.29 is 17.9 Å². The molecule has 1 aliphatic heterocycles. The van der Waals surface area contributed by atoms with Crippen molar-refractivity contribution >= 4 is 33.6 Å². The first-order chi connectivity index (χ1) is 16.4. The van der Waals surface area contributed by atoms with Crippen LogP contribution in [0.15, 0.2) is 58.7 Å². The number of amides is 1. The smallest absolute Gasteiger partial charge is 0.253 e. The number of hydrogen-bond acceptors (Lipinski definition) is 10. The molecule has 0 aromatic carbocycles. The van der Waals surface area contributed by atoms with Gasteiger partial charge in [0.1, 0.15) is 11.6 Å². The standard InChI is InChI=1S/C22H23N7O4S/c23-10-15-9-16(11-27-21(15)24)22(30)28-12-17-1-2-18(13-25-17)34(31,32)19-3-4-20(26-14-19)29-5-7-33-8-6-29/h1-4,9-11,13-14,23H,5-8,12H2,(H2,24,27)(H,28,30). The number of hydrogen-bond donors (Lipinski definition) is 3. The van der Waals surface area contributed by atoms with Crippen molar-refractivity contribution in [1.29, 1.82) is 5.41 Å². The molecule has 1 saturated heterocycles. The summed E-state index contributed by atoms with van der Waals surface area (Å²) in [6, 6.07) is 7.66. The van der Waals surface area contributed by atoms with Crippen molar-refractivity contribution in [3.63, 3.8) is 0 Å². The average Bonchev–Trinajstić information content (AvgIpc) is 2.88. The molecule has 12 heteroatoms. The van der Waals surface area contributed by atoms with Gasteiger partial charge in [-0.15, -0.1) is 0 Å². The zero-order valence-electron chi connectivity index (χ0n) is 18.1. The zero-order valence-corrected chi connectivity index (χ0v) is 19.0. The van der Waals surface area contributed by atoms with E-state index in [1.54, 1.807) is 6.07 Å².